The van der Waals surface area contributed by atoms with Crippen LogP contribution in [0.2, 0.25) is 54.4 Å². The van der Waals surface area contributed by atoms with Crippen LogP contribution in [-0.2, 0) is 18.0 Å². The fourth-order valence-corrected chi connectivity index (χ4v) is 7.69. The molecule has 3 rings (SSSR count). The summed E-state index contributed by atoms with van der Waals surface area (Å²) in [6.07, 6.45) is -0.676. The Morgan fingerprint density at radius 3 is 1.84 bits per heavy atom. The van der Waals surface area contributed by atoms with Crippen LogP contribution in [0, 0.1) is 10.1 Å². The molecule has 15 heteroatoms. The molecular weight excluding hydrogens is 601 g/mol. The maximum Gasteiger partial charge on any atom is 0.473 e. The van der Waals surface area contributed by atoms with Crippen LogP contribution in [0.25, 0.3) is 11.2 Å². The normalized spacial score (nSPS) is 22.9. The number of imidazole rings is 1. The van der Waals surface area contributed by atoms with Gasteiger partial charge in [0.05, 0.1) is 6.61 Å². The highest BCUT2D eigenvalue weighted by Crippen LogP contribution is 2.47. The van der Waals surface area contributed by atoms with E-state index < -0.39 is 60.4 Å². The van der Waals surface area contributed by atoms with Gasteiger partial charge in [-0.3, -0.25) is 4.57 Å². The minimum Gasteiger partial charge on any atom is -0.414 e. The monoisotopic (exact) mass is 654 g/mol. The fourth-order valence-electron chi connectivity index (χ4n) is 4.07. The number of ether oxygens (including phenoxy) is 1. The van der Waals surface area contributed by atoms with E-state index in [9.17, 15) is 10.1 Å². The maximum absolute atomic E-state index is 11.6. The van der Waals surface area contributed by atoms with Crippen molar-refractivity contribution in [1.82, 2.24) is 19.5 Å². The highest BCUT2D eigenvalue weighted by atomic mass is 28.4. The highest BCUT2D eigenvalue weighted by Gasteiger charge is 2.55. The Labute approximate surface area is 260 Å². The van der Waals surface area contributed by atoms with Gasteiger partial charge in [-0.25, -0.2) is 4.98 Å². The van der Waals surface area contributed by atoms with E-state index in [1.165, 1.54) is 0 Å². The molecule has 0 spiro atoms. The largest absolute Gasteiger partial charge is 0.473 e. The Morgan fingerprint density at radius 2 is 1.37 bits per heavy atom. The van der Waals surface area contributed by atoms with E-state index in [1.54, 1.807) is 10.9 Å². The number of anilines is 1. The second-order valence-electron chi connectivity index (χ2n) is 16.3. The molecule has 2 aromatic heterocycles. The summed E-state index contributed by atoms with van der Waals surface area (Å²) in [5.41, 5.74) is 6.57. The van der Waals surface area contributed by atoms with Gasteiger partial charge >= 0.3 is 5.95 Å². The Balaban J connectivity index is 2.22. The molecule has 0 radical (unpaired) electrons. The molecule has 1 aliphatic rings. The Bertz CT molecular complexity index is 1330. The average Bonchev–Trinajstić information content (AvgIpc) is 3.37. The number of nitrogen functional groups attached to an aromatic ring is 1. The molecule has 0 aromatic carbocycles. The number of hydrogen-bond acceptors (Lipinski definition) is 10. The minimum atomic E-state index is -2.39. The minimum absolute atomic E-state index is 0.00572. The van der Waals surface area contributed by atoms with Crippen molar-refractivity contribution in [2.24, 2.45) is 0 Å². The van der Waals surface area contributed by atoms with Crippen LogP contribution in [0.1, 0.15) is 68.5 Å². The van der Waals surface area contributed by atoms with Gasteiger partial charge in [-0.05, 0) is 69.3 Å². The van der Waals surface area contributed by atoms with Crippen LogP contribution in [-0.4, -0.2) is 74.3 Å². The number of rotatable bonds is 9. The fraction of sp³-hybridized carbons (Fsp3) is 0.821. The van der Waals surface area contributed by atoms with Crippen molar-refractivity contribution >= 4 is 47.9 Å². The smallest absolute Gasteiger partial charge is 0.414 e. The molecule has 0 aliphatic carbocycles. The second kappa shape index (κ2) is 11.6. The third-order valence-corrected chi connectivity index (χ3v) is 23.5. The van der Waals surface area contributed by atoms with Crippen molar-refractivity contribution in [3.8, 4) is 0 Å². The quantitative estimate of drug-likeness (QED) is 0.170. The van der Waals surface area contributed by atoms with Crippen molar-refractivity contribution in [2.75, 3.05) is 12.3 Å². The maximum atomic E-state index is 11.6. The summed E-state index contributed by atoms with van der Waals surface area (Å²) in [5.74, 6) is -0.666. The van der Waals surface area contributed by atoms with Crippen LogP contribution in [0.15, 0.2) is 6.33 Å². The highest BCUT2D eigenvalue weighted by molar-refractivity contribution is 6.75. The summed E-state index contributed by atoms with van der Waals surface area (Å²) < 4.78 is 29.6. The average molecular weight is 655 g/mol. The molecule has 4 atom stereocenters. The number of nitrogens with two attached hydrogens (primary N) is 1. The van der Waals surface area contributed by atoms with Crippen LogP contribution in [0.4, 0.5) is 11.8 Å². The molecule has 12 nitrogen and oxygen atoms in total. The van der Waals surface area contributed by atoms with Gasteiger partial charge in [0.15, 0.2) is 36.7 Å². The zero-order valence-corrected chi connectivity index (χ0v) is 31.9. The third kappa shape index (κ3) is 7.23. The van der Waals surface area contributed by atoms with Gasteiger partial charge in [-0.2, -0.15) is 0 Å². The van der Waals surface area contributed by atoms with E-state index in [-0.39, 0.29) is 32.1 Å². The van der Waals surface area contributed by atoms with Gasteiger partial charge in [-0.1, -0.05) is 62.3 Å². The zero-order chi connectivity index (χ0) is 33.1. The predicted molar refractivity (Wildman–Crippen MR) is 178 cm³/mol. The van der Waals surface area contributed by atoms with Crippen LogP contribution < -0.4 is 5.73 Å². The SMILES string of the molecule is CC(C)(C)[Si](C)(C)OC[C@H]1O[C@@H](n2cnc3c(N)nc([N+](=O)[O-])nc32)[C@H](O[Si](C)(C)C(C)(C)C)[C@@H]1O[Si](C)(C)C(C)(C)C. The van der Waals surface area contributed by atoms with Gasteiger partial charge in [0.25, 0.3) is 0 Å². The number of fused-ring (bicyclic) bond motifs is 1. The summed E-state index contributed by atoms with van der Waals surface area (Å²) in [6.45, 7) is 33.4. The second-order valence-corrected chi connectivity index (χ2v) is 30.6. The molecule has 1 aliphatic heterocycles. The Morgan fingerprint density at radius 1 is 0.884 bits per heavy atom. The molecule has 1 fully saturated rings. The molecule has 0 unspecified atom stereocenters. The molecule has 2 N–H and O–H groups in total. The van der Waals surface area contributed by atoms with E-state index in [0.29, 0.717) is 6.61 Å². The number of nitro groups is 1. The van der Waals surface area contributed by atoms with Crippen molar-refractivity contribution in [1.29, 1.82) is 0 Å². The molecule has 3 heterocycles. The lowest BCUT2D eigenvalue weighted by Gasteiger charge is -2.44. The molecule has 0 amide bonds. The van der Waals surface area contributed by atoms with E-state index in [4.69, 9.17) is 23.7 Å². The Hall–Kier alpha value is -1.76. The van der Waals surface area contributed by atoms with Crippen molar-refractivity contribution in [2.45, 2.75) is 141 Å². The standard InChI is InChI=1S/C28H54N6O6Si3/c1-26(2,3)41(10,11)37-16-18-20(39-42(12,13)27(4,5)6)21(40-43(14,15)28(7,8)9)24(38-18)33-17-30-19-22(29)31-25(34(35)36)32-23(19)33/h17-18,20-21,24H,16H2,1-15H3,(H2,29,31,32)/t18-,20-,21-,24-/m1/s1. The predicted octanol–water partition coefficient (Wildman–Crippen LogP) is 7.02. The topological polar surface area (TPSA) is 150 Å². The molecule has 0 bridgehead atoms. The number of aromatic nitrogens is 4. The molecule has 0 saturated carbocycles. The first-order chi connectivity index (χ1) is 19.2. The summed E-state index contributed by atoms with van der Waals surface area (Å²) in [5, 5.41) is 11.5. The van der Waals surface area contributed by atoms with E-state index in [2.05, 4.69) is 117 Å². The van der Waals surface area contributed by atoms with Crippen LogP contribution in [0.5, 0.6) is 0 Å². The van der Waals surface area contributed by atoms with Crippen LogP contribution in [0.3, 0.4) is 0 Å². The first-order valence-electron chi connectivity index (χ1n) is 15.0. The number of nitrogens with zero attached hydrogens (tertiary/aromatic N) is 5. The van der Waals surface area contributed by atoms with Gasteiger partial charge in [-0.15, -0.1) is 0 Å². The molecule has 2 aromatic rings. The zero-order valence-electron chi connectivity index (χ0n) is 28.9. The molecular formula is C28H54N6O6Si3. The third-order valence-electron chi connectivity index (χ3n) is 10.0. The first-order valence-corrected chi connectivity index (χ1v) is 23.7. The van der Waals surface area contributed by atoms with E-state index in [1.807, 2.05) is 0 Å². The van der Waals surface area contributed by atoms with Gasteiger partial charge in [0.2, 0.25) is 11.5 Å². The lowest BCUT2D eigenvalue weighted by atomic mass is 10.1. The molecule has 244 valence electrons. The van der Waals surface area contributed by atoms with E-state index in [0.717, 1.165) is 0 Å². The van der Waals surface area contributed by atoms with Gasteiger partial charge in [0.1, 0.15) is 24.6 Å². The van der Waals surface area contributed by atoms with Crippen molar-refractivity contribution in [3.05, 3.63) is 16.4 Å². The first kappa shape index (κ1) is 35.7. The summed E-state index contributed by atoms with van der Waals surface area (Å²) in [7, 11) is -6.87. The molecule has 43 heavy (non-hydrogen) atoms. The summed E-state index contributed by atoms with van der Waals surface area (Å²) in [6, 6.07) is 0. The molecule has 1 saturated heterocycles. The summed E-state index contributed by atoms with van der Waals surface area (Å²) >= 11 is 0. The van der Waals surface area contributed by atoms with Crippen molar-refractivity contribution < 1.29 is 22.9 Å². The van der Waals surface area contributed by atoms with Gasteiger partial charge < -0.3 is 33.9 Å². The number of hydrogen-bond donors (Lipinski definition) is 1. The summed E-state index contributed by atoms with van der Waals surface area (Å²) in [4.78, 5) is 23.5. The van der Waals surface area contributed by atoms with E-state index >= 15 is 0 Å². The lowest BCUT2D eigenvalue weighted by molar-refractivity contribution is -0.394. The lowest BCUT2D eigenvalue weighted by Crippen LogP contribution is -2.54. The van der Waals surface area contributed by atoms with Gasteiger partial charge in [0, 0.05) is 0 Å². The van der Waals surface area contributed by atoms with Crippen LogP contribution >= 0.6 is 0 Å². The Kier molecular flexibility index (Phi) is 9.59. The van der Waals surface area contributed by atoms with Crippen molar-refractivity contribution in [3.63, 3.8) is 0 Å².